The van der Waals surface area contributed by atoms with Crippen molar-refractivity contribution in [3.05, 3.63) is 46.7 Å². The van der Waals surface area contributed by atoms with Crippen molar-refractivity contribution in [1.82, 2.24) is 15.1 Å². The number of benzene rings is 1. The summed E-state index contributed by atoms with van der Waals surface area (Å²) >= 11 is 5.97. The lowest BCUT2D eigenvalue weighted by molar-refractivity contribution is 0.0942. The fourth-order valence-corrected chi connectivity index (χ4v) is 1.91. The molecular formula is C16H20ClN3O2. The molecule has 1 aromatic carbocycles. The number of nitrogens with one attached hydrogen (secondary N) is 1. The number of ether oxygens (including phenoxy) is 1. The van der Waals surface area contributed by atoms with Gasteiger partial charge in [-0.25, -0.2) is 4.68 Å². The maximum atomic E-state index is 11.9. The van der Waals surface area contributed by atoms with Gasteiger partial charge in [-0.2, -0.15) is 5.10 Å². The van der Waals surface area contributed by atoms with Gasteiger partial charge in [0.2, 0.25) is 0 Å². The number of carbonyl (C=O) groups is 1. The molecule has 1 amide bonds. The maximum Gasteiger partial charge on any atom is 0.271 e. The number of hydrogen-bond acceptors (Lipinski definition) is 3. The van der Waals surface area contributed by atoms with Gasteiger partial charge in [-0.1, -0.05) is 25.4 Å². The Morgan fingerprint density at radius 3 is 2.86 bits per heavy atom. The van der Waals surface area contributed by atoms with Crippen molar-refractivity contribution in [2.75, 3.05) is 6.54 Å². The van der Waals surface area contributed by atoms with Crippen molar-refractivity contribution >= 4 is 17.5 Å². The van der Waals surface area contributed by atoms with Gasteiger partial charge in [0, 0.05) is 17.8 Å². The lowest BCUT2D eigenvalue weighted by atomic mass is 10.2. The molecule has 6 heteroatoms. The van der Waals surface area contributed by atoms with Crippen LogP contribution in [0.25, 0.3) is 0 Å². The Bertz CT molecular complexity index is 653. The smallest absolute Gasteiger partial charge is 0.271 e. The number of nitrogens with zero attached hydrogens (tertiary/aromatic N) is 2. The Balaban J connectivity index is 1.91. The van der Waals surface area contributed by atoms with Crippen LogP contribution >= 0.6 is 11.6 Å². The van der Waals surface area contributed by atoms with E-state index in [1.54, 1.807) is 29.1 Å². The lowest BCUT2D eigenvalue weighted by Gasteiger charge is -2.08. The molecule has 0 saturated heterocycles. The normalized spacial score (nSPS) is 10.8. The van der Waals surface area contributed by atoms with E-state index < -0.39 is 0 Å². The van der Waals surface area contributed by atoms with Crippen LogP contribution in [0.2, 0.25) is 5.02 Å². The third-order valence-corrected chi connectivity index (χ3v) is 3.46. The first kappa shape index (κ1) is 16.4. The quantitative estimate of drug-likeness (QED) is 0.888. The number of aryl methyl sites for hydroxylation is 1. The third-order valence-electron chi connectivity index (χ3n) is 3.04. The molecule has 0 atom stereocenters. The SMILES string of the molecule is Cc1cc(OCn2ccc(C(=O)NCC(C)C)n2)ccc1Cl. The van der Waals surface area contributed by atoms with E-state index in [0.29, 0.717) is 28.9 Å². The molecule has 0 aliphatic carbocycles. The molecule has 118 valence electrons. The first-order valence-corrected chi connectivity index (χ1v) is 7.54. The van der Waals surface area contributed by atoms with Crippen molar-refractivity contribution in [3.8, 4) is 5.75 Å². The van der Waals surface area contributed by atoms with Gasteiger partial charge >= 0.3 is 0 Å². The Labute approximate surface area is 135 Å². The van der Waals surface area contributed by atoms with E-state index in [1.807, 2.05) is 26.8 Å². The summed E-state index contributed by atoms with van der Waals surface area (Å²) in [5, 5.41) is 7.73. The van der Waals surface area contributed by atoms with Crippen molar-refractivity contribution in [2.45, 2.75) is 27.5 Å². The minimum absolute atomic E-state index is 0.171. The monoisotopic (exact) mass is 321 g/mol. The molecule has 0 saturated carbocycles. The maximum absolute atomic E-state index is 11.9. The minimum atomic E-state index is -0.171. The number of rotatable bonds is 6. The van der Waals surface area contributed by atoms with Gasteiger partial charge in [0.1, 0.15) is 11.4 Å². The van der Waals surface area contributed by atoms with Crippen LogP contribution < -0.4 is 10.1 Å². The van der Waals surface area contributed by atoms with E-state index in [1.165, 1.54) is 0 Å². The van der Waals surface area contributed by atoms with Crippen LogP contribution in [0.5, 0.6) is 5.75 Å². The second-order valence-corrected chi connectivity index (χ2v) is 5.94. The Kier molecular flexibility index (Phi) is 5.44. The number of carbonyl (C=O) groups excluding carboxylic acids is 1. The highest BCUT2D eigenvalue weighted by Crippen LogP contribution is 2.21. The van der Waals surface area contributed by atoms with E-state index in [9.17, 15) is 4.79 Å². The second kappa shape index (κ2) is 7.31. The molecule has 0 radical (unpaired) electrons. The lowest BCUT2D eigenvalue weighted by Crippen LogP contribution is -2.27. The summed E-state index contributed by atoms with van der Waals surface area (Å²) in [5.41, 5.74) is 1.34. The number of aromatic nitrogens is 2. The average Bonchev–Trinajstić information content (AvgIpc) is 2.95. The topological polar surface area (TPSA) is 56.1 Å². The van der Waals surface area contributed by atoms with Crippen LogP contribution in [-0.2, 0) is 6.73 Å². The molecule has 22 heavy (non-hydrogen) atoms. The average molecular weight is 322 g/mol. The standard InChI is InChI=1S/C16H20ClN3O2/c1-11(2)9-18-16(21)15-6-7-20(19-15)10-22-13-4-5-14(17)12(3)8-13/h4-8,11H,9-10H2,1-3H3,(H,18,21). The molecule has 1 heterocycles. The summed E-state index contributed by atoms with van der Waals surface area (Å²) in [7, 11) is 0. The summed E-state index contributed by atoms with van der Waals surface area (Å²) < 4.78 is 7.21. The molecule has 0 unspecified atom stereocenters. The Morgan fingerprint density at radius 1 is 1.41 bits per heavy atom. The molecule has 2 rings (SSSR count). The van der Waals surface area contributed by atoms with Gasteiger partial charge in [0.05, 0.1) is 0 Å². The van der Waals surface area contributed by atoms with Gasteiger partial charge < -0.3 is 10.1 Å². The van der Waals surface area contributed by atoms with Crippen LogP contribution in [0.1, 0.15) is 29.9 Å². The van der Waals surface area contributed by atoms with Gasteiger partial charge in [-0.15, -0.1) is 0 Å². The highest BCUT2D eigenvalue weighted by molar-refractivity contribution is 6.31. The highest BCUT2D eigenvalue weighted by Gasteiger charge is 2.09. The van der Waals surface area contributed by atoms with E-state index in [4.69, 9.17) is 16.3 Å². The van der Waals surface area contributed by atoms with E-state index in [2.05, 4.69) is 10.4 Å². The van der Waals surface area contributed by atoms with Crippen molar-refractivity contribution in [2.24, 2.45) is 5.92 Å². The van der Waals surface area contributed by atoms with Crippen molar-refractivity contribution in [3.63, 3.8) is 0 Å². The first-order chi connectivity index (χ1) is 10.5. The molecule has 0 aliphatic heterocycles. The van der Waals surface area contributed by atoms with Gasteiger partial charge in [-0.3, -0.25) is 4.79 Å². The molecule has 1 aromatic heterocycles. The molecule has 0 spiro atoms. The molecule has 0 bridgehead atoms. The predicted molar refractivity (Wildman–Crippen MR) is 86.2 cm³/mol. The summed E-state index contributed by atoms with van der Waals surface area (Å²) in [6, 6.07) is 7.13. The fourth-order valence-electron chi connectivity index (χ4n) is 1.79. The van der Waals surface area contributed by atoms with Crippen LogP contribution in [0.3, 0.4) is 0 Å². The molecule has 1 N–H and O–H groups in total. The predicted octanol–water partition coefficient (Wildman–Crippen LogP) is 3.27. The molecule has 5 nitrogen and oxygen atoms in total. The molecule has 2 aromatic rings. The molecule has 0 fully saturated rings. The highest BCUT2D eigenvalue weighted by atomic mass is 35.5. The van der Waals surface area contributed by atoms with Crippen molar-refractivity contribution < 1.29 is 9.53 Å². The third kappa shape index (κ3) is 4.49. The summed E-state index contributed by atoms with van der Waals surface area (Å²) in [4.78, 5) is 11.9. The van der Waals surface area contributed by atoms with E-state index in [0.717, 1.165) is 5.56 Å². The zero-order valence-corrected chi connectivity index (χ0v) is 13.7. The Morgan fingerprint density at radius 2 is 2.18 bits per heavy atom. The van der Waals surface area contributed by atoms with Gasteiger partial charge in [0.15, 0.2) is 6.73 Å². The van der Waals surface area contributed by atoms with Crippen LogP contribution in [0, 0.1) is 12.8 Å². The summed E-state index contributed by atoms with van der Waals surface area (Å²) in [6.45, 7) is 6.87. The van der Waals surface area contributed by atoms with E-state index in [-0.39, 0.29) is 12.6 Å². The van der Waals surface area contributed by atoms with E-state index >= 15 is 0 Å². The summed E-state index contributed by atoms with van der Waals surface area (Å²) in [6.07, 6.45) is 1.72. The zero-order valence-electron chi connectivity index (χ0n) is 13.0. The van der Waals surface area contributed by atoms with Crippen LogP contribution in [-0.4, -0.2) is 22.2 Å². The van der Waals surface area contributed by atoms with Gasteiger partial charge in [-0.05, 0) is 42.7 Å². The van der Waals surface area contributed by atoms with Crippen LogP contribution in [0.15, 0.2) is 30.5 Å². The van der Waals surface area contributed by atoms with Crippen molar-refractivity contribution in [1.29, 1.82) is 0 Å². The fraction of sp³-hybridized carbons (Fsp3) is 0.375. The zero-order chi connectivity index (χ0) is 16.1. The first-order valence-electron chi connectivity index (χ1n) is 7.16. The second-order valence-electron chi connectivity index (χ2n) is 5.53. The largest absolute Gasteiger partial charge is 0.471 e. The molecule has 0 aliphatic rings. The minimum Gasteiger partial charge on any atom is -0.471 e. The van der Waals surface area contributed by atoms with Crippen LogP contribution in [0.4, 0.5) is 0 Å². The number of halogens is 1. The Hall–Kier alpha value is -2.01. The summed E-state index contributed by atoms with van der Waals surface area (Å²) in [5.74, 6) is 0.945. The van der Waals surface area contributed by atoms with Gasteiger partial charge in [0.25, 0.3) is 5.91 Å². The number of amides is 1. The number of hydrogen-bond donors (Lipinski definition) is 1. The molecular weight excluding hydrogens is 302 g/mol.